The minimum absolute atomic E-state index is 0.192. The average molecular weight is 308 g/mol. The number of rotatable bonds is 5. The lowest BCUT2D eigenvalue weighted by Gasteiger charge is -2.10. The molecule has 2 rings (SSSR count). The van der Waals surface area contributed by atoms with Crippen molar-refractivity contribution in [1.29, 1.82) is 0 Å². The molecule has 0 aliphatic heterocycles. The molecular formula is C14H18ClN5O. The van der Waals surface area contributed by atoms with E-state index in [-0.39, 0.29) is 11.9 Å². The van der Waals surface area contributed by atoms with Crippen molar-refractivity contribution >= 4 is 17.5 Å². The molecule has 1 unspecified atom stereocenters. The largest absolute Gasteiger partial charge is 0.349 e. The van der Waals surface area contributed by atoms with Crippen molar-refractivity contribution in [2.75, 3.05) is 13.6 Å². The average Bonchev–Trinajstić information content (AvgIpc) is 2.86. The molecule has 0 bridgehead atoms. The molecular weight excluding hydrogens is 290 g/mol. The van der Waals surface area contributed by atoms with Gasteiger partial charge in [0.2, 0.25) is 0 Å². The van der Waals surface area contributed by atoms with Crippen molar-refractivity contribution in [2.24, 2.45) is 0 Å². The van der Waals surface area contributed by atoms with Crippen LogP contribution in [0.2, 0.25) is 5.02 Å². The number of nitrogens with one attached hydrogen (secondary N) is 2. The molecule has 1 amide bonds. The molecule has 0 saturated carbocycles. The number of benzene rings is 1. The summed E-state index contributed by atoms with van der Waals surface area (Å²) in [6.45, 7) is 4.31. The Labute approximate surface area is 128 Å². The summed E-state index contributed by atoms with van der Waals surface area (Å²) in [5, 5.41) is 14.5. The zero-order chi connectivity index (χ0) is 15.4. The van der Waals surface area contributed by atoms with E-state index in [2.05, 4.69) is 20.9 Å². The Hall–Kier alpha value is -1.92. The fourth-order valence-electron chi connectivity index (χ4n) is 1.82. The number of hydrogen-bond acceptors (Lipinski definition) is 4. The van der Waals surface area contributed by atoms with Crippen LogP contribution < -0.4 is 10.6 Å². The zero-order valence-electron chi connectivity index (χ0n) is 12.2. The Bertz CT molecular complexity index is 640. The standard InChI is InChI=1S/C14H18ClN5O/c1-9(16-3)8-17-14(21)13-10(2)20(19-18-13)12-6-4-5-11(15)7-12/h4-7,9,16H,8H2,1-3H3,(H,17,21). The van der Waals surface area contributed by atoms with E-state index in [4.69, 9.17) is 11.6 Å². The molecule has 1 aromatic carbocycles. The van der Waals surface area contributed by atoms with Gasteiger partial charge in [0, 0.05) is 17.6 Å². The fraction of sp³-hybridized carbons (Fsp3) is 0.357. The molecule has 0 saturated heterocycles. The molecule has 6 nitrogen and oxygen atoms in total. The van der Waals surface area contributed by atoms with Gasteiger partial charge in [-0.05, 0) is 39.1 Å². The first-order valence-corrected chi connectivity index (χ1v) is 7.04. The number of carbonyl (C=O) groups is 1. The monoisotopic (exact) mass is 307 g/mol. The number of halogens is 1. The van der Waals surface area contributed by atoms with E-state index in [1.807, 2.05) is 26.1 Å². The molecule has 2 N–H and O–H groups in total. The van der Waals surface area contributed by atoms with Gasteiger partial charge in [-0.15, -0.1) is 5.10 Å². The van der Waals surface area contributed by atoms with Gasteiger partial charge >= 0.3 is 0 Å². The number of aromatic nitrogens is 3. The zero-order valence-corrected chi connectivity index (χ0v) is 13.0. The lowest BCUT2D eigenvalue weighted by molar-refractivity contribution is 0.0945. The fourth-order valence-corrected chi connectivity index (χ4v) is 2.01. The van der Waals surface area contributed by atoms with Crippen LogP contribution in [0.4, 0.5) is 0 Å². The third-order valence-electron chi connectivity index (χ3n) is 3.22. The molecule has 2 aromatic rings. The number of carbonyl (C=O) groups excluding carboxylic acids is 1. The second kappa shape index (κ2) is 6.69. The topological polar surface area (TPSA) is 71.8 Å². The Morgan fingerprint density at radius 1 is 1.48 bits per heavy atom. The van der Waals surface area contributed by atoms with Crippen molar-refractivity contribution < 1.29 is 4.79 Å². The maximum atomic E-state index is 12.1. The van der Waals surface area contributed by atoms with Crippen LogP contribution in [0.15, 0.2) is 24.3 Å². The summed E-state index contributed by atoms with van der Waals surface area (Å²) in [5.41, 5.74) is 1.76. The molecule has 0 spiro atoms. The Morgan fingerprint density at radius 2 is 2.24 bits per heavy atom. The normalized spacial score (nSPS) is 12.2. The Kier molecular flexibility index (Phi) is 4.93. The highest BCUT2D eigenvalue weighted by Crippen LogP contribution is 2.16. The lowest BCUT2D eigenvalue weighted by atomic mass is 10.2. The molecule has 0 radical (unpaired) electrons. The van der Waals surface area contributed by atoms with Crippen LogP contribution in [-0.2, 0) is 0 Å². The second-order valence-corrected chi connectivity index (χ2v) is 5.25. The smallest absolute Gasteiger partial charge is 0.273 e. The molecule has 21 heavy (non-hydrogen) atoms. The molecule has 7 heteroatoms. The van der Waals surface area contributed by atoms with Crippen LogP contribution in [0.25, 0.3) is 5.69 Å². The number of likely N-dealkylation sites (N-methyl/N-ethyl adjacent to an activating group) is 1. The third-order valence-corrected chi connectivity index (χ3v) is 3.46. The van der Waals surface area contributed by atoms with Crippen molar-refractivity contribution in [3.63, 3.8) is 0 Å². The van der Waals surface area contributed by atoms with E-state index in [1.54, 1.807) is 23.7 Å². The van der Waals surface area contributed by atoms with Crippen LogP contribution in [-0.4, -0.2) is 40.5 Å². The van der Waals surface area contributed by atoms with Gasteiger partial charge in [0.15, 0.2) is 5.69 Å². The maximum Gasteiger partial charge on any atom is 0.273 e. The van der Waals surface area contributed by atoms with Crippen molar-refractivity contribution in [3.05, 3.63) is 40.7 Å². The van der Waals surface area contributed by atoms with Gasteiger partial charge in [0.05, 0.1) is 11.4 Å². The Morgan fingerprint density at radius 3 is 2.90 bits per heavy atom. The van der Waals surface area contributed by atoms with Crippen molar-refractivity contribution in [1.82, 2.24) is 25.6 Å². The van der Waals surface area contributed by atoms with Crippen LogP contribution in [0, 0.1) is 6.92 Å². The predicted octanol–water partition coefficient (Wildman–Crippen LogP) is 1.57. The van der Waals surface area contributed by atoms with E-state index in [0.29, 0.717) is 23.0 Å². The van der Waals surface area contributed by atoms with E-state index >= 15 is 0 Å². The van der Waals surface area contributed by atoms with Gasteiger partial charge in [-0.25, -0.2) is 4.68 Å². The van der Waals surface area contributed by atoms with Crippen LogP contribution in [0.3, 0.4) is 0 Å². The maximum absolute atomic E-state index is 12.1. The second-order valence-electron chi connectivity index (χ2n) is 4.81. The Balaban J connectivity index is 2.19. The highest BCUT2D eigenvalue weighted by Gasteiger charge is 2.17. The van der Waals surface area contributed by atoms with E-state index < -0.39 is 0 Å². The van der Waals surface area contributed by atoms with Gasteiger partial charge in [0.1, 0.15) is 0 Å². The first-order chi connectivity index (χ1) is 10.0. The summed E-state index contributed by atoms with van der Waals surface area (Å²) in [4.78, 5) is 12.1. The van der Waals surface area contributed by atoms with Crippen LogP contribution in [0.1, 0.15) is 23.1 Å². The molecule has 0 aliphatic carbocycles. The van der Waals surface area contributed by atoms with Crippen molar-refractivity contribution in [3.8, 4) is 5.69 Å². The summed E-state index contributed by atoms with van der Waals surface area (Å²) in [6.07, 6.45) is 0. The molecule has 1 atom stereocenters. The molecule has 112 valence electrons. The van der Waals surface area contributed by atoms with Gasteiger partial charge in [0.25, 0.3) is 5.91 Å². The number of amides is 1. The molecule has 0 fully saturated rings. The van der Waals surface area contributed by atoms with Gasteiger partial charge in [-0.1, -0.05) is 22.9 Å². The minimum atomic E-state index is -0.233. The van der Waals surface area contributed by atoms with E-state index in [0.717, 1.165) is 5.69 Å². The highest BCUT2D eigenvalue weighted by atomic mass is 35.5. The first-order valence-electron chi connectivity index (χ1n) is 6.66. The van der Waals surface area contributed by atoms with Crippen LogP contribution >= 0.6 is 11.6 Å². The summed E-state index contributed by atoms with van der Waals surface area (Å²) >= 11 is 5.97. The van der Waals surface area contributed by atoms with Gasteiger partial charge in [-0.2, -0.15) is 0 Å². The number of hydrogen-bond donors (Lipinski definition) is 2. The van der Waals surface area contributed by atoms with Crippen LogP contribution in [0.5, 0.6) is 0 Å². The van der Waals surface area contributed by atoms with Gasteiger partial charge < -0.3 is 10.6 Å². The number of nitrogens with zero attached hydrogens (tertiary/aromatic N) is 3. The van der Waals surface area contributed by atoms with E-state index in [1.165, 1.54) is 0 Å². The SMILES string of the molecule is CNC(C)CNC(=O)c1nnn(-c2cccc(Cl)c2)c1C. The highest BCUT2D eigenvalue weighted by molar-refractivity contribution is 6.30. The minimum Gasteiger partial charge on any atom is -0.349 e. The molecule has 1 heterocycles. The summed E-state index contributed by atoms with van der Waals surface area (Å²) in [7, 11) is 1.84. The van der Waals surface area contributed by atoms with Crippen molar-refractivity contribution in [2.45, 2.75) is 19.9 Å². The van der Waals surface area contributed by atoms with Gasteiger partial charge in [-0.3, -0.25) is 4.79 Å². The lowest BCUT2D eigenvalue weighted by Crippen LogP contribution is -2.37. The first kappa shape index (κ1) is 15.5. The summed E-state index contributed by atoms with van der Waals surface area (Å²) in [6, 6.07) is 7.43. The molecule has 0 aliphatic rings. The summed E-state index contributed by atoms with van der Waals surface area (Å²) in [5.74, 6) is -0.233. The summed E-state index contributed by atoms with van der Waals surface area (Å²) < 4.78 is 1.60. The quantitative estimate of drug-likeness (QED) is 0.879. The van der Waals surface area contributed by atoms with E-state index in [9.17, 15) is 4.79 Å². The molecule has 1 aromatic heterocycles. The third kappa shape index (κ3) is 3.59. The predicted molar refractivity (Wildman–Crippen MR) is 82.0 cm³/mol.